The predicted molar refractivity (Wildman–Crippen MR) is 85.9 cm³/mol. The van der Waals surface area contributed by atoms with E-state index in [0.29, 0.717) is 13.0 Å². The minimum atomic E-state index is 0.219. The van der Waals surface area contributed by atoms with Crippen LogP contribution in [0.25, 0.3) is 0 Å². The number of anilines is 1. The average molecular weight is 290 g/mol. The van der Waals surface area contributed by atoms with E-state index in [1.807, 2.05) is 30.9 Å². The van der Waals surface area contributed by atoms with Gasteiger partial charge in [0.25, 0.3) is 0 Å². The first-order chi connectivity index (χ1) is 10.3. The lowest BCUT2D eigenvalue weighted by molar-refractivity contribution is -0.131. The fourth-order valence-electron chi connectivity index (χ4n) is 2.74. The molecule has 1 heterocycles. The molecule has 0 saturated heterocycles. The van der Waals surface area contributed by atoms with Gasteiger partial charge in [0.1, 0.15) is 5.75 Å². The fraction of sp³-hybridized carbons (Fsp3) is 0.588. The maximum atomic E-state index is 11.9. The molecule has 1 N–H and O–H groups in total. The van der Waals surface area contributed by atoms with Crippen LogP contribution in [0.1, 0.15) is 38.7 Å². The number of fused-ring (bicyclic) bond motifs is 1. The summed E-state index contributed by atoms with van der Waals surface area (Å²) in [4.78, 5) is 13.8. The first-order valence-corrected chi connectivity index (χ1v) is 8.02. The lowest BCUT2D eigenvalue weighted by Gasteiger charge is -2.21. The van der Waals surface area contributed by atoms with Crippen molar-refractivity contribution in [2.45, 2.75) is 39.5 Å². The molecular weight excluding hydrogens is 264 g/mol. The van der Waals surface area contributed by atoms with Crippen LogP contribution in [-0.4, -0.2) is 37.0 Å². The van der Waals surface area contributed by atoms with Crippen LogP contribution < -0.4 is 10.1 Å². The van der Waals surface area contributed by atoms with Crippen molar-refractivity contribution in [1.82, 2.24) is 4.90 Å². The van der Waals surface area contributed by atoms with Gasteiger partial charge in [-0.05, 0) is 44.7 Å². The van der Waals surface area contributed by atoms with Crippen LogP contribution in [0.4, 0.5) is 5.69 Å². The Labute approximate surface area is 127 Å². The second-order valence-corrected chi connectivity index (χ2v) is 5.34. The third-order valence-electron chi connectivity index (χ3n) is 3.95. The summed E-state index contributed by atoms with van der Waals surface area (Å²) in [6.07, 6.45) is 3.61. The number of ether oxygens (including phenoxy) is 1. The Morgan fingerprint density at radius 1 is 1.33 bits per heavy atom. The zero-order valence-corrected chi connectivity index (χ0v) is 13.2. The lowest BCUT2D eigenvalue weighted by Crippen LogP contribution is -2.30. The monoisotopic (exact) mass is 290 g/mol. The summed E-state index contributed by atoms with van der Waals surface area (Å²) in [6, 6.07) is 6.20. The molecule has 1 aromatic rings. The highest BCUT2D eigenvalue weighted by Crippen LogP contribution is 2.32. The molecule has 116 valence electrons. The van der Waals surface area contributed by atoms with Crippen LogP contribution in [0.15, 0.2) is 18.2 Å². The van der Waals surface area contributed by atoms with E-state index < -0.39 is 0 Å². The van der Waals surface area contributed by atoms with Crippen molar-refractivity contribution in [3.63, 3.8) is 0 Å². The Bertz CT molecular complexity index is 470. The Hall–Kier alpha value is -1.71. The zero-order chi connectivity index (χ0) is 15.1. The van der Waals surface area contributed by atoms with Crippen molar-refractivity contribution in [2.75, 3.05) is 31.6 Å². The van der Waals surface area contributed by atoms with Crippen LogP contribution in [-0.2, 0) is 11.2 Å². The molecular formula is C17H26N2O2. The largest absolute Gasteiger partial charge is 0.491 e. The van der Waals surface area contributed by atoms with E-state index in [-0.39, 0.29) is 5.91 Å². The molecule has 0 aliphatic carbocycles. The number of hydrogen-bond acceptors (Lipinski definition) is 3. The van der Waals surface area contributed by atoms with Gasteiger partial charge in [0.05, 0.1) is 12.3 Å². The summed E-state index contributed by atoms with van der Waals surface area (Å²) in [5, 5.41) is 3.42. The maximum Gasteiger partial charge on any atom is 0.222 e. The van der Waals surface area contributed by atoms with Crippen LogP contribution in [0.2, 0.25) is 0 Å². The van der Waals surface area contributed by atoms with E-state index >= 15 is 0 Å². The Kier molecular flexibility index (Phi) is 5.90. The molecule has 0 atom stereocenters. The van der Waals surface area contributed by atoms with Crippen molar-refractivity contribution in [3.8, 4) is 5.75 Å². The SMILES string of the molecule is CCN(CC)C(=O)CCCOc1cccc2c1NCCC2. The Balaban J connectivity index is 1.80. The average Bonchev–Trinajstić information content (AvgIpc) is 2.53. The molecule has 0 bridgehead atoms. The Morgan fingerprint density at radius 2 is 2.14 bits per heavy atom. The van der Waals surface area contributed by atoms with E-state index in [2.05, 4.69) is 11.4 Å². The fourth-order valence-corrected chi connectivity index (χ4v) is 2.74. The number of para-hydroxylation sites is 1. The number of aryl methyl sites for hydroxylation is 1. The minimum Gasteiger partial charge on any atom is -0.491 e. The summed E-state index contributed by atoms with van der Waals surface area (Å²) in [7, 11) is 0. The normalized spacial score (nSPS) is 13.2. The summed E-state index contributed by atoms with van der Waals surface area (Å²) >= 11 is 0. The summed E-state index contributed by atoms with van der Waals surface area (Å²) in [5.41, 5.74) is 2.47. The number of amides is 1. The van der Waals surface area contributed by atoms with E-state index in [1.54, 1.807) is 0 Å². The van der Waals surface area contributed by atoms with Crippen molar-refractivity contribution >= 4 is 11.6 Å². The maximum absolute atomic E-state index is 11.9. The molecule has 0 fully saturated rings. The molecule has 4 nitrogen and oxygen atoms in total. The second kappa shape index (κ2) is 7.91. The van der Waals surface area contributed by atoms with Gasteiger partial charge in [0, 0.05) is 26.1 Å². The number of nitrogens with zero attached hydrogens (tertiary/aromatic N) is 1. The van der Waals surface area contributed by atoms with E-state index in [4.69, 9.17) is 4.74 Å². The zero-order valence-electron chi connectivity index (χ0n) is 13.2. The molecule has 0 aromatic heterocycles. The summed E-state index contributed by atoms with van der Waals surface area (Å²) < 4.78 is 5.87. The van der Waals surface area contributed by atoms with E-state index in [0.717, 1.165) is 43.9 Å². The third kappa shape index (κ3) is 4.13. The third-order valence-corrected chi connectivity index (χ3v) is 3.95. The van der Waals surface area contributed by atoms with Crippen molar-refractivity contribution in [3.05, 3.63) is 23.8 Å². The predicted octanol–water partition coefficient (Wildman–Crippen LogP) is 3.07. The van der Waals surface area contributed by atoms with Gasteiger partial charge in [-0.15, -0.1) is 0 Å². The molecule has 2 rings (SSSR count). The smallest absolute Gasteiger partial charge is 0.222 e. The van der Waals surface area contributed by atoms with Gasteiger partial charge in [0.2, 0.25) is 5.91 Å². The first kappa shape index (κ1) is 15.7. The first-order valence-electron chi connectivity index (χ1n) is 8.02. The van der Waals surface area contributed by atoms with Gasteiger partial charge in [-0.3, -0.25) is 4.79 Å². The van der Waals surface area contributed by atoms with Crippen molar-refractivity contribution in [1.29, 1.82) is 0 Å². The van der Waals surface area contributed by atoms with Crippen LogP contribution >= 0.6 is 0 Å². The highest BCUT2D eigenvalue weighted by atomic mass is 16.5. The lowest BCUT2D eigenvalue weighted by atomic mass is 10.0. The van der Waals surface area contributed by atoms with Crippen LogP contribution in [0.3, 0.4) is 0 Å². The number of rotatable bonds is 7. The number of carbonyl (C=O) groups is 1. The van der Waals surface area contributed by atoms with Gasteiger partial charge in [-0.2, -0.15) is 0 Å². The van der Waals surface area contributed by atoms with Crippen molar-refractivity contribution < 1.29 is 9.53 Å². The van der Waals surface area contributed by atoms with E-state index in [9.17, 15) is 4.79 Å². The number of carbonyl (C=O) groups excluding carboxylic acids is 1. The highest BCUT2D eigenvalue weighted by Gasteiger charge is 2.13. The molecule has 0 spiro atoms. The van der Waals surface area contributed by atoms with Crippen LogP contribution in [0, 0.1) is 0 Å². The molecule has 1 aromatic carbocycles. The minimum absolute atomic E-state index is 0.219. The number of nitrogens with one attached hydrogen (secondary N) is 1. The molecule has 0 unspecified atom stereocenters. The van der Waals surface area contributed by atoms with E-state index in [1.165, 1.54) is 12.0 Å². The number of hydrogen-bond donors (Lipinski definition) is 1. The second-order valence-electron chi connectivity index (χ2n) is 5.34. The van der Waals surface area contributed by atoms with Gasteiger partial charge in [-0.25, -0.2) is 0 Å². The van der Waals surface area contributed by atoms with Gasteiger partial charge in [0.15, 0.2) is 0 Å². The molecule has 0 saturated carbocycles. The summed E-state index contributed by atoms with van der Waals surface area (Å²) in [6.45, 7) is 7.19. The van der Waals surface area contributed by atoms with Gasteiger partial charge < -0.3 is 15.0 Å². The topological polar surface area (TPSA) is 41.6 Å². The molecule has 1 amide bonds. The van der Waals surface area contributed by atoms with Crippen molar-refractivity contribution in [2.24, 2.45) is 0 Å². The Morgan fingerprint density at radius 3 is 2.90 bits per heavy atom. The molecule has 0 radical (unpaired) electrons. The molecule has 4 heteroatoms. The molecule has 1 aliphatic heterocycles. The highest BCUT2D eigenvalue weighted by molar-refractivity contribution is 5.76. The van der Waals surface area contributed by atoms with Gasteiger partial charge >= 0.3 is 0 Å². The summed E-state index contributed by atoms with van der Waals surface area (Å²) in [5.74, 6) is 1.14. The molecule has 1 aliphatic rings. The quantitative estimate of drug-likeness (QED) is 0.785. The number of benzene rings is 1. The van der Waals surface area contributed by atoms with Crippen LogP contribution in [0.5, 0.6) is 5.75 Å². The van der Waals surface area contributed by atoms with Gasteiger partial charge in [-0.1, -0.05) is 12.1 Å². The standard InChI is InChI=1S/C17H26N2O2/c1-3-19(4-2)16(20)11-7-13-21-15-10-5-8-14-9-6-12-18-17(14)15/h5,8,10,18H,3-4,6-7,9,11-13H2,1-2H3. The molecule has 21 heavy (non-hydrogen) atoms.